The molecule has 2 aromatic rings. The van der Waals surface area contributed by atoms with Gasteiger partial charge in [-0.05, 0) is 24.6 Å². The number of hydrogen-bond acceptors (Lipinski definition) is 5. The number of aryl methyl sites for hydroxylation is 1. The molecule has 0 bridgehead atoms. The number of nitro groups is 1. The Kier molecular flexibility index (Phi) is 6.00. The van der Waals surface area contributed by atoms with Gasteiger partial charge in [0.15, 0.2) is 0 Å². The van der Waals surface area contributed by atoms with Gasteiger partial charge in [-0.25, -0.2) is 0 Å². The van der Waals surface area contributed by atoms with Crippen molar-refractivity contribution in [2.75, 3.05) is 38.0 Å². The average molecular weight is 382 g/mol. The summed E-state index contributed by atoms with van der Waals surface area (Å²) in [6.07, 6.45) is 0. The predicted molar refractivity (Wildman–Crippen MR) is 105 cm³/mol. The first-order valence-electron chi connectivity index (χ1n) is 9.05. The van der Waals surface area contributed by atoms with E-state index in [1.807, 2.05) is 23.1 Å². The van der Waals surface area contributed by atoms with Gasteiger partial charge >= 0.3 is 0 Å². The highest BCUT2D eigenvalue weighted by molar-refractivity contribution is 5.94. The summed E-state index contributed by atoms with van der Waals surface area (Å²) < 4.78 is 0. The number of nitrogens with one attached hydrogen (secondary N) is 1. The zero-order chi connectivity index (χ0) is 20.1. The smallest absolute Gasteiger partial charge is 0.271 e. The van der Waals surface area contributed by atoms with E-state index >= 15 is 0 Å². The van der Waals surface area contributed by atoms with E-state index in [1.54, 1.807) is 30.0 Å². The van der Waals surface area contributed by atoms with Gasteiger partial charge < -0.3 is 10.2 Å². The summed E-state index contributed by atoms with van der Waals surface area (Å²) in [6.45, 7) is 4.26. The summed E-state index contributed by atoms with van der Waals surface area (Å²) in [4.78, 5) is 39.0. The van der Waals surface area contributed by atoms with E-state index in [9.17, 15) is 19.7 Å². The lowest BCUT2D eigenvalue weighted by molar-refractivity contribution is -0.384. The maximum absolute atomic E-state index is 12.5. The molecule has 2 aromatic carbocycles. The number of carbonyl (C=O) groups is 2. The van der Waals surface area contributed by atoms with Crippen molar-refractivity contribution in [1.82, 2.24) is 9.80 Å². The fraction of sp³-hybridized carbons (Fsp3) is 0.300. The average Bonchev–Trinajstić information content (AvgIpc) is 2.70. The van der Waals surface area contributed by atoms with Crippen LogP contribution in [-0.4, -0.2) is 59.3 Å². The van der Waals surface area contributed by atoms with Crippen molar-refractivity contribution in [3.05, 3.63) is 69.8 Å². The Morgan fingerprint density at radius 1 is 1.07 bits per heavy atom. The molecule has 0 aromatic heterocycles. The number of nitrogens with zero attached hydrogens (tertiary/aromatic N) is 3. The molecule has 1 fully saturated rings. The molecule has 1 saturated heterocycles. The molecule has 0 saturated carbocycles. The molecule has 0 aliphatic carbocycles. The van der Waals surface area contributed by atoms with Crippen molar-refractivity contribution in [3.8, 4) is 0 Å². The SMILES string of the molecule is Cc1ccc([N+](=O)[O-])cc1NC(=O)CN1CCN(C(=O)c2ccccc2)CC1. The Hall–Kier alpha value is -3.26. The number of benzene rings is 2. The van der Waals surface area contributed by atoms with Crippen molar-refractivity contribution in [2.24, 2.45) is 0 Å². The second-order valence-electron chi connectivity index (χ2n) is 6.74. The van der Waals surface area contributed by atoms with Gasteiger partial charge in [0.05, 0.1) is 17.2 Å². The Morgan fingerprint density at radius 3 is 2.39 bits per heavy atom. The largest absolute Gasteiger partial charge is 0.336 e. The molecule has 1 heterocycles. The van der Waals surface area contributed by atoms with Crippen molar-refractivity contribution in [1.29, 1.82) is 0 Å². The van der Waals surface area contributed by atoms with E-state index in [4.69, 9.17) is 0 Å². The fourth-order valence-electron chi connectivity index (χ4n) is 3.12. The van der Waals surface area contributed by atoms with Crippen LogP contribution in [0.3, 0.4) is 0 Å². The number of carbonyl (C=O) groups excluding carboxylic acids is 2. The number of non-ortho nitro benzene ring substituents is 1. The lowest BCUT2D eigenvalue weighted by Crippen LogP contribution is -2.50. The summed E-state index contributed by atoms with van der Waals surface area (Å²) in [5, 5.41) is 13.7. The number of rotatable bonds is 5. The molecular weight excluding hydrogens is 360 g/mol. The van der Waals surface area contributed by atoms with Crippen LogP contribution in [0.4, 0.5) is 11.4 Å². The van der Waals surface area contributed by atoms with Gasteiger partial charge in [-0.1, -0.05) is 24.3 Å². The highest BCUT2D eigenvalue weighted by Gasteiger charge is 2.23. The second kappa shape index (κ2) is 8.62. The van der Waals surface area contributed by atoms with Crippen LogP contribution in [0, 0.1) is 17.0 Å². The molecule has 0 atom stereocenters. The molecule has 2 amide bonds. The van der Waals surface area contributed by atoms with Gasteiger partial charge in [-0.15, -0.1) is 0 Å². The van der Waals surface area contributed by atoms with Gasteiger partial charge in [-0.3, -0.25) is 24.6 Å². The van der Waals surface area contributed by atoms with E-state index < -0.39 is 4.92 Å². The van der Waals surface area contributed by atoms with E-state index in [-0.39, 0.29) is 24.0 Å². The number of amides is 2. The van der Waals surface area contributed by atoms with Crippen LogP contribution in [0.1, 0.15) is 15.9 Å². The molecule has 0 radical (unpaired) electrons. The fourth-order valence-corrected chi connectivity index (χ4v) is 3.12. The third-order valence-corrected chi connectivity index (χ3v) is 4.75. The minimum Gasteiger partial charge on any atom is -0.336 e. The molecule has 0 unspecified atom stereocenters. The highest BCUT2D eigenvalue weighted by Crippen LogP contribution is 2.21. The van der Waals surface area contributed by atoms with Crippen LogP contribution < -0.4 is 5.32 Å². The molecule has 1 aliphatic rings. The topological polar surface area (TPSA) is 95.8 Å². The number of hydrogen-bond donors (Lipinski definition) is 1. The van der Waals surface area contributed by atoms with Gasteiger partial charge in [0, 0.05) is 43.9 Å². The van der Waals surface area contributed by atoms with Crippen molar-refractivity contribution in [3.63, 3.8) is 0 Å². The molecule has 0 spiro atoms. The van der Waals surface area contributed by atoms with Crippen LogP contribution >= 0.6 is 0 Å². The van der Waals surface area contributed by atoms with E-state index in [0.717, 1.165) is 5.56 Å². The quantitative estimate of drug-likeness (QED) is 0.632. The van der Waals surface area contributed by atoms with Crippen molar-refractivity contribution in [2.45, 2.75) is 6.92 Å². The van der Waals surface area contributed by atoms with E-state index in [1.165, 1.54) is 12.1 Å². The number of anilines is 1. The molecule has 1 aliphatic heterocycles. The molecule has 28 heavy (non-hydrogen) atoms. The van der Waals surface area contributed by atoms with Gasteiger partial charge in [0.25, 0.3) is 11.6 Å². The Balaban J connectivity index is 1.52. The zero-order valence-electron chi connectivity index (χ0n) is 15.6. The highest BCUT2D eigenvalue weighted by atomic mass is 16.6. The Bertz CT molecular complexity index is 877. The zero-order valence-corrected chi connectivity index (χ0v) is 15.6. The number of nitro benzene ring substituents is 1. The second-order valence-corrected chi connectivity index (χ2v) is 6.74. The first-order valence-corrected chi connectivity index (χ1v) is 9.05. The summed E-state index contributed by atoms with van der Waals surface area (Å²) in [6, 6.07) is 13.5. The summed E-state index contributed by atoms with van der Waals surface area (Å²) >= 11 is 0. The molecule has 8 heteroatoms. The van der Waals surface area contributed by atoms with E-state index in [0.29, 0.717) is 37.4 Å². The molecule has 1 N–H and O–H groups in total. The van der Waals surface area contributed by atoms with Gasteiger partial charge in [0.2, 0.25) is 5.91 Å². The van der Waals surface area contributed by atoms with Crippen LogP contribution in [-0.2, 0) is 4.79 Å². The summed E-state index contributed by atoms with van der Waals surface area (Å²) in [7, 11) is 0. The standard InChI is InChI=1S/C20H22N4O4/c1-15-7-8-17(24(27)28)13-18(15)21-19(25)14-22-9-11-23(12-10-22)20(26)16-5-3-2-4-6-16/h2-8,13H,9-12,14H2,1H3,(H,21,25). The van der Waals surface area contributed by atoms with Crippen LogP contribution in [0.15, 0.2) is 48.5 Å². The predicted octanol–water partition coefficient (Wildman–Crippen LogP) is 2.30. The molecule has 146 valence electrons. The van der Waals surface area contributed by atoms with Gasteiger partial charge in [-0.2, -0.15) is 0 Å². The number of piperazine rings is 1. The van der Waals surface area contributed by atoms with Crippen LogP contribution in [0.2, 0.25) is 0 Å². The monoisotopic (exact) mass is 382 g/mol. The first kappa shape index (κ1) is 19.5. The lowest BCUT2D eigenvalue weighted by Gasteiger charge is -2.34. The first-order chi connectivity index (χ1) is 13.4. The minimum atomic E-state index is -0.488. The van der Waals surface area contributed by atoms with Crippen molar-refractivity contribution < 1.29 is 14.5 Å². The van der Waals surface area contributed by atoms with Crippen LogP contribution in [0.25, 0.3) is 0 Å². The molecular formula is C20H22N4O4. The van der Waals surface area contributed by atoms with Crippen LogP contribution in [0.5, 0.6) is 0 Å². The molecule has 3 rings (SSSR count). The lowest BCUT2D eigenvalue weighted by atomic mass is 10.1. The Morgan fingerprint density at radius 2 is 1.75 bits per heavy atom. The third-order valence-electron chi connectivity index (χ3n) is 4.75. The maximum atomic E-state index is 12.5. The Labute approximate surface area is 162 Å². The third kappa shape index (κ3) is 4.72. The normalized spacial score (nSPS) is 14.5. The molecule has 8 nitrogen and oxygen atoms in total. The summed E-state index contributed by atoms with van der Waals surface area (Å²) in [5.41, 5.74) is 1.80. The van der Waals surface area contributed by atoms with Crippen molar-refractivity contribution >= 4 is 23.2 Å². The van der Waals surface area contributed by atoms with Gasteiger partial charge in [0.1, 0.15) is 0 Å². The minimum absolute atomic E-state index is 0.00285. The van der Waals surface area contributed by atoms with E-state index in [2.05, 4.69) is 5.32 Å². The summed E-state index contributed by atoms with van der Waals surface area (Å²) in [5.74, 6) is -0.233. The maximum Gasteiger partial charge on any atom is 0.271 e.